The molecule has 1 aliphatic rings. The highest BCUT2D eigenvalue weighted by molar-refractivity contribution is 5.61. The maximum absolute atomic E-state index is 5.56. The second-order valence-electron chi connectivity index (χ2n) is 2.98. The number of para-hydroxylation sites is 1. The number of hydrogen-bond acceptors (Lipinski definition) is 1. The summed E-state index contributed by atoms with van der Waals surface area (Å²) < 4.78 is 5.56. The van der Waals surface area contributed by atoms with E-state index in [0.29, 0.717) is 0 Å². The topological polar surface area (TPSA) is 9.23 Å². The summed E-state index contributed by atoms with van der Waals surface area (Å²) in [6.45, 7) is 2.91. The number of fused-ring (bicyclic) bond motifs is 1. The highest BCUT2D eigenvalue weighted by Gasteiger charge is 2.07. The highest BCUT2D eigenvalue weighted by atomic mass is 16.5. The Labute approximate surface area is 72.7 Å². The molecule has 0 saturated carbocycles. The van der Waals surface area contributed by atoms with Crippen LogP contribution in [0.5, 0.6) is 5.75 Å². The van der Waals surface area contributed by atoms with Gasteiger partial charge in [-0.05, 0) is 24.1 Å². The summed E-state index contributed by atoms with van der Waals surface area (Å²) in [6.07, 6.45) is 3.30. The van der Waals surface area contributed by atoms with Crippen LogP contribution in [0.4, 0.5) is 0 Å². The zero-order valence-electron chi connectivity index (χ0n) is 7.21. The molecule has 0 fully saturated rings. The molecule has 0 unspecified atom stereocenters. The van der Waals surface area contributed by atoms with Gasteiger partial charge in [0.2, 0.25) is 0 Å². The number of hydrogen-bond donors (Lipinski definition) is 0. The molecule has 0 aromatic heterocycles. The van der Waals surface area contributed by atoms with Crippen LogP contribution < -0.4 is 4.74 Å². The van der Waals surface area contributed by atoms with E-state index < -0.39 is 0 Å². The first-order valence-electron chi connectivity index (χ1n) is 4.31. The monoisotopic (exact) mass is 160 g/mol. The van der Waals surface area contributed by atoms with Crippen molar-refractivity contribution in [2.24, 2.45) is 0 Å². The molecule has 0 radical (unpaired) electrons. The molecule has 1 aliphatic heterocycles. The molecule has 1 aromatic rings. The Morgan fingerprint density at radius 2 is 2.17 bits per heavy atom. The van der Waals surface area contributed by atoms with Crippen LogP contribution in [-0.2, 0) is 0 Å². The first kappa shape index (κ1) is 7.41. The predicted octanol–water partition coefficient (Wildman–Crippen LogP) is 2.87. The Morgan fingerprint density at radius 1 is 1.33 bits per heavy atom. The Kier molecular flexibility index (Phi) is 1.86. The molecule has 0 atom stereocenters. The molecule has 1 aromatic carbocycles. The smallest absolute Gasteiger partial charge is 0.127 e. The zero-order valence-corrected chi connectivity index (χ0v) is 7.21. The SMILES string of the molecule is CCC1=Cc2ccccc2OC1. The molecule has 2 rings (SSSR count). The van der Waals surface area contributed by atoms with Crippen LogP contribution >= 0.6 is 0 Å². The molecule has 62 valence electrons. The molecule has 0 amide bonds. The summed E-state index contributed by atoms with van der Waals surface area (Å²) in [6, 6.07) is 8.14. The summed E-state index contributed by atoms with van der Waals surface area (Å²) in [7, 11) is 0. The van der Waals surface area contributed by atoms with Gasteiger partial charge in [-0.3, -0.25) is 0 Å². The van der Waals surface area contributed by atoms with Crippen molar-refractivity contribution >= 4 is 6.08 Å². The van der Waals surface area contributed by atoms with E-state index in [0.717, 1.165) is 18.8 Å². The lowest BCUT2D eigenvalue weighted by Gasteiger charge is -2.16. The van der Waals surface area contributed by atoms with Crippen molar-refractivity contribution in [1.82, 2.24) is 0 Å². The standard InChI is InChI=1S/C11H12O/c1-2-9-7-10-5-3-4-6-11(10)12-8-9/h3-7H,2,8H2,1H3. The van der Waals surface area contributed by atoms with Crippen molar-refractivity contribution < 1.29 is 4.74 Å². The van der Waals surface area contributed by atoms with Gasteiger partial charge in [0, 0.05) is 5.56 Å². The molecule has 1 heteroatoms. The van der Waals surface area contributed by atoms with Crippen LogP contribution in [0.15, 0.2) is 29.8 Å². The van der Waals surface area contributed by atoms with E-state index in [9.17, 15) is 0 Å². The maximum Gasteiger partial charge on any atom is 0.127 e. The molecule has 0 saturated heterocycles. The summed E-state index contributed by atoms with van der Waals surface area (Å²) in [4.78, 5) is 0. The number of ether oxygens (including phenoxy) is 1. The van der Waals surface area contributed by atoms with Gasteiger partial charge in [0.25, 0.3) is 0 Å². The molecule has 1 heterocycles. The fourth-order valence-corrected chi connectivity index (χ4v) is 1.37. The quantitative estimate of drug-likeness (QED) is 0.613. The first-order chi connectivity index (χ1) is 5.90. The maximum atomic E-state index is 5.56. The lowest BCUT2D eigenvalue weighted by molar-refractivity contribution is 0.344. The molecule has 0 N–H and O–H groups in total. The molecule has 0 spiro atoms. The third-order valence-corrected chi connectivity index (χ3v) is 2.15. The van der Waals surface area contributed by atoms with Gasteiger partial charge in [-0.25, -0.2) is 0 Å². The van der Waals surface area contributed by atoms with Gasteiger partial charge in [-0.2, -0.15) is 0 Å². The van der Waals surface area contributed by atoms with Gasteiger partial charge in [-0.15, -0.1) is 0 Å². The average Bonchev–Trinajstić information content (AvgIpc) is 2.17. The second kappa shape index (κ2) is 3.02. The van der Waals surface area contributed by atoms with Gasteiger partial charge in [0.05, 0.1) is 0 Å². The van der Waals surface area contributed by atoms with Gasteiger partial charge in [0.1, 0.15) is 12.4 Å². The van der Waals surface area contributed by atoms with Crippen molar-refractivity contribution in [3.05, 3.63) is 35.4 Å². The Bertz CT molecular complexity index is 313. The second-order valence-corrected chi connectivity index (χ2v) is 2.98. The van der Waals surface area contributed by atoms with Crippen LogP contribution in [0.25, 0.3) is 6.08 Å². The molecule has 1 nitrogen and oxygen atoms in total. The number of benzene rings is 1. The third kappa shape index (κ3) is 1.22. The van der Waals surface area contributed by atoms with Crippen LogP contribution in [-0.4, -0.2) is 6.61 Å². The Balaban J connectivity index is 2.41. The average molecular weight is 160 g/mol. The van der Waals surface area contributed by atoms with E-state index in [1.54, 1.807) is 0 Å². The van der Waals surface area contributed by atoms with E-state index in [4.69, 9.17) is 4.74 Å². The Hall–Kier alpha value is -1.24. The van der Waals surface area contributed by atoms with Crippen molar-refractivity contribution in [1.29, 1.82) is 0 Å². The van der Waals surface area contributed by atoms with Crippen LogP contribution in [0, 0.1) is 0 Å². The Morgan fingerprint density at radius 3 is 3.00 bits per heavy atom. The zero-order chi connectivity index (χ0) is 8.39. The fourth-order valence-electron chi connectivity index (χ4n) is 1.37. The van der Waals surface area contributed by atoms with Crippen molar-refractivity contribution in [2.75, 3.05) is 6.61 Å². The minimum absolute atomic E-state index is 0.757. The van der Waals surface area contributed by atoms with E-state index in [1.807, 2.05) is 18.2 Å². The van der Waals surface area contributed by atoms with Crippen LogP contribution in [0.1, 0.15) is 18.9 Å². The van der Waals surface area contributed by atoms with Crippen molar-refractivity contribution in [3.8, 4) is 5.75 Å². The lowest BCUT2D eigenvalue weighted by Crippen LogP contribution is -2.06. The predicted molar refractivity (Wildman–Crippen MR) is 50.2 cm³/mol. The summed E-state index contributed by atoms with van der Waals surface area (Å²) in [5.41, 5.74) is 2.58. The largest absolute Gasteiger partial charge is 0.489 e. The molecule has 0 aliphatic carbocycles. The van der Waals surface area contributed by atoms with Gasteiger partial charge in [-0.1, -0.05) is 25.1 Å². The van der Waals surface area contributed by atoms with E-state index in [1.165, 1.54) is 11.1 Å². The summed E-state index contributed by atoms with van der Waals surface area (Å²) >= 11 is 0. The van der Waals surface area contributed by atoms with E-state index in [2.05, 4.69) is 19.1 Å². The normalized spacial score (nSPS) is 14.6. The fraction of sp³-hybridized carbons (Fsp3) is 0.273. The van der Waals surface area contributed by atoms with E-state index in [-0.39, 0.29) is 0 Å². The van der Waals surface area contributed by atoms with Crippen molar-refractivity contribution in [3.63, 3.8) is 0 Å². The molecule has 0 bridgehead atoms. The number of rotatable bonds is 1. The van der Waals surface area contributed by atoms with E-state index >= 15 is 0 Å². The van der Waals surface area contributed by atoms with Crippen LogP contribution in [0.2, 0.25) is 0 Å². The minimum Gasteiger partial charge on any atom is -0.489 e. The third-order valence-electron chi connectivity index (χ3n) is 2.15. The highest BCUT2D eigenvalue weighted by Crippen LogP contribution is 2.26. The molecular formula is C11H12O. The van der Waals surface area contributed by atoms with Gasteiger partial charge >= 0.3 is 0 Å². The van der Waals surface area contributed by atoms with Gasteiger partial charge < -0.3 is 4.74 Å². The minimum atomic E-state index is 0.757. The first-order valence-corrected chi connectivity index (χ1v) is 4.31. The van der Waals surface area contributed by atoms with Gasteiger partial charge in [0.15, 0.2) is 0 Å². The summed E-state index contributed by atoms with van der Waals surface area (Å²) in [5, 5.41) is 0. The van der Waals surface area contributed by atoms with Crippen molar-refractivity contribution in [2.45, 2.75) is 13.3 Å². The molecule has 12 heavy (non-hydrogen) atoms. The van der Waals surface area contributed by atoms with Crippen LogP contribution in [0.3, 0.4) is 0 Å². The summed E-state index contributed by atoms with van der Waals surface area (Å²) in [5.74, 6) is 1.01. The molecular weight excluding hydrogens is 148 g/mol. The lowest BCUT2D eigenvalue weighted by atomic mass is 10.1.